The van der Waals surface area contributed by atoms with Gasteiger partial charge in [-0.05, 0) is 48.6 Å². The second-order valence-electron chi connectivity index (χ2n) is 5.38. The van der Waals surface area contributed by atoms with Crippen LogP contribution in [0.25, 0.3) is 0 Å². The van der Waals surface area contributed by atoms with Crippen molar-refractivity contribution in [2.75, 3.05) is 7.11 Å². The first-order valence-electron chi connectivity index (χ1n) is 7.55. The Hall–Kier alpha value is -1.80. The van der Waals surface area contributed by atoms with Gasteiger partial charge < -0.3 is 9.84 Å². The monoisotopic (exact) mass is 284 g/mol. The molecule has 1 unspecified atom stereocenters. The zero-order valence-electron chi connectivity index (χ0n) is 13.3. The molecule has 0 saturated carbocycles. The third-order valence-corrected chi connectivity index (χ3v) is 3.99. The smallest absolute Gasteiger partial charge is 0.125 e. The van der Waals surface area contributed by atoms with Crippen LogP contribution in [0.2, 0.25) is 0 Å². The Balaban J connectivity index is 2.44. The summed E-state index contributed by atoms with van der Waals surface area (Å²) >= 11 is 0. The Bertz CT molecular complexity index is 617. The number of hydrogen-bond donors (Lipinski definition) is 1. The molecule has 2 rings (SSSR count). The minimum atomic E-state index is -0.656. The lowest BCUT2D eigenvalue weighted by Gasteiger charge is -2.18. The first kappa shape index (κ1) is 15.6. The van der Waals surface area contributed by atoms with E-state index in [9.17, 15) is 5.11 Å². The predicted octanol–water partition coefficient (Wildman–Crippen LogP) is 4.21. The molecule has 21 heavy (non-hydrogen) atoms. The molecule has 0 aliphatic rings. The summed E-state index contributed by atoms with van der Waals surface area (Å²) in [5, 5.41) is 10.7. The number of ether oxygens (including phenoxy) is 1. The van der Waals surface area contributed by atoms with Crippen LogP contribution in [0.1, 0.15) is 47.8 Å². The van der Waals surface area contributed by atoms with Crippen molar-refractivity contribution in [3.63, 3.8) is 0 Å². The molecule has 0 spiro atoms. The largest absolute Gasteiger partial charge is 0.496 e. The maximum absolute atomic E-state index is 10.7. The van der Waals surface area contributed by atoms with E-state index in [0.717, 1.165) is 35.3 Å². The van der Waals surface area contributed by atoms with Gasteiger partial charge in [0.2, 0.25) is 0 Å². The highest BCUT2D eigenvalue weighted by atomic mass is 16.5. The highest BCUT2D eigenvalue weighted by molar-refractivity contribution is 5.44. The van der Waals surface area contributed by atoms with E-state index in [2.05, 4.69) is 26.0 Å². The summed E-state index contributed by atoms with van der Waals surface area (Å²) in [5.74, 6) is 0.728. The van der Waals surface area contributed by atoms with Crippen molar-refractivity contribution in [2.24, 2.45) is 0 Å². The van der Waals surface area contributed by atoms with Crippen LogP contribution in [0.4, 0.5) is 0 Å². The normalized spacial score (nSPS) is 12.2. The number of benzene rings is 2. The molecule has 0 bridgehead atoms. The molecule has 0 aromatic heterocycles. The molecule has 2 aromatic carbocycles. The van der Waals surface area contributed by atoms with Crippen molar-refractivity contribution in [1.82, 2.24) is 0 Å². The number of aryl methyl sites for hydroxylation is 3. The van der Waals surface area contributed by atoms with Gasteiger partial charge in [-0.1, -0.05) is 43.7 Å². The van der Waals surface area contributed by atoms with E-state index >= 15 is 0 Å². The van der Waals surface area contributed by atoms with Gasteiger partial charge in [-0.15, -0.1) is 0 Å². The molecule has 0 fully saturated rings. The molecule has 0 aliphatic carbocycles. The lowest BCUT2D eigenvalue weighted by Crippen LogP contribution is -2.04. The van der Waals surface area contributed by atoms with Crippen LogP contribution in [-0.2, 0) is 12.8 Å². The average Bonchev–Trinajstić information content (AvgIpc) is 2.53. The molecule has 2 nitrogen and oxygen atoms in total. The fraction of sp³-hybridized carbons (Fsp3) is 0.368. The van der Waals surface area contributed by atoms with Crippen molar-refractivity contribution in [2.45, 2.75) is 39.7 Å². The van der Waals surface area contributed by atoms with Gasteiger partial charge in [0.15, 0.2) is 0 Å². The maximum Gasteiger partial charge on any atom is 0.125 e. The number of methoxy groups -OCH3 is 1. The number of aliphatic hydroxyl groups is 1. The lowest BCUT2D eigenvalue weighted by atomic mass is 9.94. The Morgan fingerprint density at radius 3 is 2.33 bits per heavy atom. The molecule has 0 amide bonds. The quantitative estimate of drug-likeness (QED) is 0.891. The second-order valence-corrected chi connectivity index (χ2v) is 5.38. The Labute approximate surface area is 127 Å². The van der Waals surface area contributed by atoms with Crippen LogP contribution in [0, 0.1) is 6.92 Å². The van der Waals surface area contributed by atoms with E-state index in [4.69, 9.17) is 4.74 Å². The van der Waals surface area contributed by atoms with E-state index in [1.165, 1.54) is 11.1 Å². The minimum absolute atomic E-state index is 0.656. The molecular weight excluding hydrogens is 260 g/mol. The molecule has 1 atom stereocenters. The van der Waals surface area contributed by atoms with Gasteiger partial charge >= 0.3 is 0 Å². The standard InChI is InChI=1S/C19H24O2/c1-5-14-8-9-16(12-15(14)6-2)19(20)17-11-13(3)7-10-18(17)21-4/h7-12,19-20H,5-6H2,1-4H3. The SMILES string of the molecule is CCc1ccc(C(O)c2cc(C)ccc2OC)cc1CC. The maximum atomic E-state index is 10.7. The van der Waals surface area contributed by atoms with E-state index in [1.54, 1.807) is 7.11 Å². The topological polar surface area (TPSA) is 29.5 Å². The summed E-state index contributed by atoms with van der Waals surface area (Å²) in [6.07, 6.45) is 1.35. The van der Waals surface area contributed by atoms with Gasteiger partial charge in [0.25, 0.3) is 0 Å². The average molecular weight is 284 g/mol. The Morgan fingerprint density at radius 1 is 1.00 bits per heavy atom. The number of rotatable bonds is 5. The predicted molar refractivity (Wildman–Crippen MR) is 87.0 cm³/mol. The molecule has 1 N–H and O–H groups in total. The summed E-state index contributed by atoms with van der Waals surface area (Å²) in [6, 6.07) is 12.2. The van der Waals surface area contributed by atoms with Gasteiger partial charge in [0.1, 0.15) is 11.9 Å². The Kier molecular flexibility index (Phi) is 5.03. The fourth-order valence-corrected chi connectivity index (χ4v) is 2.74. The van der Waals surface area contributed by atoms with Crippen molar-refractivity contribution in [3.8, 4) is 5.75 Å². The third-order valence-electron chi connectivity index (χ3n) is 3.99. The summed E-state index contributed by atoms with van der Waals surface area (Å²) in [5.41, 5.74) is 5.52. The van der Waals surface area contributed by atoms with Crippen LogP contribution in [0.3, 0.4) is 0 Å². The van der Waals surface area contributed by atoms with Gasteiger partial charge in [-0.3, -0.25) is 0 Å². The van der Waals surface area contributed by atoms with E-state index < -0.39 is 6.10 Å². The molecule has 2 heteroatoms. The fourth-order valence-electron chi connectivity index (χ4n) is 2.74. The van der Waals surface area contributed by atoms with E-state index in [-0.39, 0.29) is 0 Å². The minimum Gasteiger partial charge on any atom is -0.496 e. The molecule has 0 saturated heterocycles. The van der Waals surface area contributed by atoms with E-state index in [0.29, 0.717) is 0 Å². The van der Waals surface area contributed by atoms with Crippen LogP contribution >= 0.6 is 0 Å². The van der Waals surface area contributed by atoms with Crippen LogP contribution in [0.15, 0.2) is 36.4 Å². The van der Waals surface area contributed by atoms with Crippen LogP contribution in [-0.4, -0.2) is 12.2 Å². The molecule has 0 aliphatic heterocycles. The van der Waals surface area contributed by atoms with Crippen molar-refractivity contribution < 1.29 is 9.84 Å². The van der Waals surface area contributed by atoms with Gasteiger partial charge in [-0.25, -0.2) is 0 Å². The molecule has 0 radical (unpaired) electrons. The zero-order chi connectivity index (χ0) is 15.4. The first-order chi connectivity index (χ1) is 10.1. The van der Waals surface area contributed by atoms with E-state index in [1.807, 2.05) is 31.2 Å². The highest BCUT2D eigenvalue weighted by Crippen LogP contribution is 2.31. The molecular formula is C19H24O2. The van der Waals surface area contributed by atoms with Gasteiger partial charge in [-0.2, -0.15) is 0 Å². The van der Waals surface area contributed by atoms with Crippen LogP contribution in [0.5, 0.6) is 5.75 Å². The number of aliphatic hydroxyl groups excluding tert-OH is 1. The van der Waals surface area contributed by atoms with Crippen molar-refractivity contribution in [3.05, 3.63) is 64.2 Å². The van der Waals surface area contributed by atoms with Crippen molar-refractivity contribution >= 4 is 0 Å². The molecule has 112 valence electrons. The second kappa shape index (κ2) is 6.77. The van der Waals surface area contributed by atoms with Gasteiger partial charge in [0.05, 0.1) is 7.11 Å². The first-order valence-corrected chi connectivity index (χ1v) is 7.55. The third kappa shape index (κ3) is 3.27. The molecule has 2 aromatic rings. The summed E-state index contributed by atoms with van der Waals surface area (Å²) in [7, 11) is 1.64. The van der Waals surface area contributed by atoms with Crippen LogP contribution < -0.4 is 4.74 Å². The lowest BCUT2D eigenvalue weighted by molar-refractivity contribution is 0.214. The molecule has 0 heterocycles. The summed E-state index contributed by atoms with van der Waals surface area (Å²) < 4.78 is 5.38. The van der Waals surface area contributed by atoms with Crippen molar-refractivity contribution in [1.29, 1.82) is 0 Å². The van der Waals surface area contributed by atoms with Gasteiger partial charge in [0, 0.05) is 5.56 Å². The Morgan fingerprint density at radius 2 is 1.71 bits per heavy atom. The highest BCUT2D eigenvalue weighted by Gasteiger charge is 2.16. The summed E-state index contributed by atoms with van der Waals surface area (Å²) in [6.45, 7) is 6.33. The number of hydrogen-bond acceptors (Lipinski definition) is 2. The zero-order valence-corrected chi connectivity index (χ0v) is 13.3. The summed E-state index contributed by atoms with van der Waals surface area (Å²) in [4.78, 5) is 0.